The van der Waals surface area contributed by atoms with Crippen molar-refractivity contribution in [3.8, 4) is 0 Å². The fourth-order valence-electron chi connectivity index (χ4n) is 3.02. The fraction of sp³-hybridized carbons (Fsp3) is 0.263. The number of aryl methyl sites for hydroxylation is 2. The number of rotatable bonds is 2. The number of hydrogen-bond donors (Lipinski definition) is 1. The van der Waals surface area contributed by atoms with Crippen LogP contribution in [0.5, 0.6) is 0 Å². The fourth-order valence-corrected chi connectivity index (χ4v) is 4.00. The van der Waals surface area contributed by atoms with Crippen LogP contribution in [0.3, 0.4) is 0 Å². The number of fused-ring (bicyclic) bond motifs is 1. The van der Waals surface area contributed by atoms with Crippen molar-refractivity contribution in [2.45, 2.75) is 33.8 Å². The SMILES string of the molecule is Cc1cc(C)c(C)c(C(O)c2csc3ccccc23)c1C. The maximum atomic E-state index is 11.0. The summed E-state index contributed by atoms with van der Waals surface area (Å²) in [6.07, 6.45) is -0.556. The van der Waals surface area contributed by atoms with E-state index in [0.29, 0.717) is 0 Å². The van der Waals surface area contributed by atoms with E-state index >= 15 is 0 Å². The summed E-state index contributed by atoms with van der Waals surface area (Å²) >= 11 is 1.70. The molecule has 3 rings (SSSR count). The summed E-state index contributed by atoms with van der Waals surface area (Å²) in [5, 5.41) is 14.2. The molecular formula is C19H20OS. The van der Waals surface area contributed by atoms with Crippen LogP contribution in [0.1, 0.15) is 39.5 Å². The molecule has 0 aliphatic heterocycles. The highest BCUT2D eigenvalue weighted by Crippen LogP contribution is 2.37. The second-order valence-electron chi connectivity index (χ2n) is 5.76. The van der Waals surface area contributed by atoms with Crippen LogP contribution in [0.2, 0.25) is 0 Å². The minimum absolute atomic E-state index is 0.556. The zero-order chi connectivity index (χ0) is 15.1. The van der Waals surface area contributed by atoms with Crippen molar-refractivity contribution >= 4 is 21.4 Å². The van der Waals surface area contributed by atoms with Crippen LogP contribution in [0.15, 0.2) is 35.7 Å². The Balaban J connectivity index is 2.21. The van der Waals surface area contributed by atoms with Gasteiger partial charge in [0, 0.05) is 10.3 Å². The van der Waals surface area contributed by atoms with Gasteiger partial charge in [-0.3, -0.25) is 0 Å². The molecule has 0 aliphatic rings. The summed E-state index contributed by atoms with van der Waals surface area (Å²) in [6.45, 7) is 8.44. The third-order valence-corrected chi connectivity index (χ3v) is 5.48. The van der Waals surface area contributed by atoms with E-state index in [-0.39, 0.29) is 0 Å². The Hall–Kier alpha value is -1.64. The molecule has 0 amide bonds. The average molecular weight is 296 g/mol. The number of benzene rings is 2. The Morgan fingerprint density at radius 1 is 0.952 bits per heavy atom. The minimum atomic E-state index is -0.556. The lowest BCUT2D eigenvalue weighted by Crippen LogP contribution is -2.07. The van der Waals surface area contributed by atoms with E-state index in [9.17, 15) is 5.11 Å². The first kappa shape index (κ1) is 14.3. The normalized spacial score (nSPS) is 12.8. The first-order chi connectivity index (χ1) is 10.0. The van der Waals surface area contributed by atoms with Crippen LogP contribution in [0, 0.1) is 27.7 Å². The molecule has 1 aromatic heterocycles. The highest BCUT2D eigenvalue weighted by Gasteiger charge is 2.20. The highest BCUT2D eigenvalue weighted by atomic mass is 32.1. The van der Waals surface area contributed by atoms with Crippen LogP contribution in [0.25, 0.3) is 10.1 Å². The monoisotopic (exact) mass is 296 g/mol. The molecule has 3 aromatic rings. The summed E-state index contributed by atoms with van der Waals surface area (Å²) in [5.74, 6) is 0. The van der Waals surface area contributed by atoms with Crippen LogP contribution in [0.4, 0.5) is 0 Å². The zero-order valence-electron chi connectivity index (χ0n) is 12.9. The summed E-state index contributed by atoms with van der Waals surface area (Å²) in [5.41, 5.74) is 6.96. The van der Waals surface area contributed by atoms with Crippen molar-refractivity contribution in [2.75, 3.05) is 0 Å². The molecule has 0 saturated carbocycles. The Bertz CT molecular complexity index is 788. The Labute approximate surface area is 129 Å². The molecule has 2 heteroatoms. The van der Waals surface area contributed by atoms with E-state index in [0.717, 1.165) is 16.5 Å². The van der Waals surface area contributed by atoms with Crippen LogP contribution >= 0.6 is 11.3 Å². The predicted octanol–water partition coefficient (Wildman–Crippen LogP) is 5.22. The molecule has 0 radical (unpaired) electrons. The lowest BCUT2D eigenvalue weighted by Gasteiger charge is -2.20. The number of hydrogen-bond acceptors (Lipinski definition) is 2. The molecule has 2 aromatic carbocycles. The lowest BCUT2D eigenvalue weighted by atomic mass is 9.88. The van der Waals surface area contributed by atoms with Gasteiger partial charge in [-0.2, -0.15) is 0 Å². The number of aliphatic hydroxyl groups is 1. The summed E-state index contributed by atoms with van der Waals surface area (Å²) in [4.78, 5) is 0. The second kappa shape index (κ2) is 5.28. The van der Waals surface area contributed by atoms with E-state index in [1.165, 1.54) is 27.0 Å². The molecule has 1 nitrogen and oxygen atoms in total. The van der Waals surface area contributed by atoms with Gasteiger partial charge >= 0.3 is 0 Å². The van der Waals surface area contributed by atoms with E-state index < -0.39 is 6.10 Å². The van der Waals surface area contributed by atoms with Gasteiger partial charge in [0.15, 0.2) is 0 Å². The zero-order valence-corrected chi connectivity index (χ0v) is 13.7. The highest BCUT2D eigenvalue weighted by molar-refractivity contribution is 7.17. The van der Waals surface area contributed by atoms with Crippen molar-refractivity contribution in [2.24, 2.45) is 0 Å². The second-order valence-corrected chi connectivity index (χ2v) is 6.68. The molecule has 1 N–H and O–H groups in total. The average Bonchev–Trinajstić information content (AvgIpc) is 2.89. The van der Waals surface area contributed by atoms with Gasteiger partial charge in [0.05, 0.1) is 0 Å². The van der Waals surface area contributed by atoms with Crippen molar-refractivity contribution in [1.82, 2.24) is 0 Å². The van der Waals surface area contributed by atoms with E-state index in [4.69, 9.17) is 0 Å². The van der Waals surface area contributed by atoms with Gasteiger partial charge in [0.2, 0.25) is 0 Å². The van der Waals surface area contributed by atoms with Crippen LogP contribution in [-0.4, -0.2) is 5.11 Å². The van der Waals surface area contributed by atoms with Gasteiger partial charge in [0.1, 0.15) is 6.10 Å². The van der Waals surface area contributed by atoms with Gasteiger partial charge in [-0.25, -0.2) is 0 Å². The summed E-state index contributed by atoms with van der Waals surface area (Å²) in [7, 11) is 0. The number of aliphatic hydroxyl groups excluding tert-OH is 1. The molecule has 1 unspecified atom stereocenters. The molecule has 0 spiro atoms. The summed E-state index contributed by atoms with van der Waals surface area (Å²) < 4.78 is 1.23. The van der Waals surface area contributed by atoms with E-state index in [1.807, 2.05) is 12.1 Å². The standard InChI is InChI=1S/C19H20OS/c1-11-9-12(2)14(4)18(13(11)3)19(20)16-10-21-17-8-6-5-7-15(16)17/h5-10,19-20H,1-4H3. The van der Waals surface area contributed by atoms with E-state index in [1.54, 1.807) is 11.3 Å². The third-order valence-electron chi connectivity index (χ3n) is 4.50. The van der Waals surface area contributed by atoms with Gasteiger partial charge in [-0.05, 0) is 72.3 Å². The molecule has 1 atom stereocenters. The first-order valence-electron chi connectivity index (χ1n) is 7.22. The molecule has 0 saturated heterocycles. The lowest BCUT2D eigenvalue weighted by molar-refractivity contribution is 0.220. The Morgan fingerprint density at radius 3 is 2.24 bits per heavy atom. The molecule has 0 bridgehead atoms. The van der Waals surface area contributed by atoms with E-state index in [2.05, 4.69) is 51.3 Å². The van der Waals surface area contributed by atoms with Crippen LogP contribution in [-0.2, 0) is 0 Å². The minimum Gasteiger partial charge on any atom is -0.384 e. The third kappa shape index (κ3) is 2.29. The van der Waals surface area contributed by atoms with Gasteiger partial charge in [-0.1, -0.05) is 24.3 Å². The quantitative estimate of drug-likeness (QED) is 0.687. The van der Waals surface area contributed by atoms with Gasteiger partial charge in [-0.15, -0.1) is 11.3 Å². The predicted molar refractivity (Wildman–Crippen MR) is 91.3 cm³/mol. The van der Waals surface area contributed by atoms with Crippen LogP contribution < -0.4 is 0 Å². The molecule has 0 fully saturated rings. The Morgan fingerprint density at radius 2 is 1.57 bits per heavy atom. The van der Waals surface area contributed by atoms with Crippen molar-refractivity contribution in [3.05, 3.63) is 69.1 Å². The first-order valence-corrected chi connectivity index (χ1v) is 8.10. The molecule has 21 heavy (non-hydrogen) atoms. The molecular weight excluding hydrogens is 276 g/mol. The Kier molecular flexibility index (Phi) is 3.60. The van der Waals surface area contributed by atoms with Gasteiger partial charge in [0.25, 0.3) is 0 Å². The number of thiophene rings is 1. The smallest absolute Gasteiger partial charge is 0.106 e. The maximum Gasteiger partial charge on any atom is 0.106 e. The van der Waals surface area contributed by atoms with Gasteiger partial charge < -0.3 is 5.11 Å². The molecule has 0 aliphatic carbocycles. The van der Waals surface area contributed by atoms with Crippen molar-refractivity contribution in [3.63, 3.8) is 0 Å². The molecule has 108 valence electrons. The van der Waals surface area contributed by atoms with Crippen molar-refractivity contribution < 1.29 is 5.11 Å². The largest absolute Gasteiger partial charge is 0.384 e. The topological polar surface area (TPSA) is 20.2 Å². The summed E-state index contributed by atoms with van der Waals surface area (Å²) in [6, 6.07) is 10.5. The van der Waals surface area contributed by atoms with Crippen molar-refractivity contribution in [1.29, 1.82) is 0 Å². The maximum absolute atomic E-state index is 11.0. The molecule has 1 heterocycles.